The first kappa shape index (κ1) is 40.4. The predicted octanol–water partition coefficient (Wildman–Crippen LogP) is 6.65. The van der Waals surface area contributed by atoms with Gasteiger partial charge in [-0.25, -0.2) is 4.79 Å². The van der Waals surface area contributed by atoms with Crippen LogP contribution in [0.3, 0.4) is 0 Å². The maximum Gasteiger partial charge on any atom is 0.338 e. The average Bonchev–Trinajstić information content (AvgIpc) is 3.23. The Labute approximate surface area is 331 Å². The number of carbonyl (C=O) groups is 2. The van der Waals surface area contributed by atoms with Crippen molar-refractivity contribution in [1.82, 2.24) is 20.5 Å². The Morgan fingerprint density at radius 3 is 2.23 bits per heavy atom. The van der Waals surface area contributed by atoms with Crippen molar-refractivity contribution >= 4 is 22.8 Å². The second kappa shape index (κ2) is 19.1. The molecule has 0 saturated carbocycles. The Balaban J connectivity index is 0.955. The molecule has 0 fully saturated rings. The molecule has 0 saturated heterocycles. The summed E-state index contributed by atoms with van der Waals surface area (Å²) in [6.07, 6.45) is -0.889. The number of phenolic OH excluding ortho intramolecular Hbond substituents is 1. The zero-order chi connectivity index (χ0) is 40.3. The molecule has 0 aliphatic rings. The Hall–Kier alpha value is -6.27. The van der Waals surface area contributed by atoms with Gasteiger partial charge < -0.3 is 40.2 Å². The van der Waals surface area contributed by atoms with Gasteiger partial charge in [0.25, 0.3) is 5.91 Å². The molecule has 57 heavy (non-hydrogen) atoms. The zero-order valence-electron chi connectivity index (χ0n) is 32.3. The molecule has 5 N–H and O–H groups in total. The molecule has 2 unspecified atom stereocenters. The maximum absolute atomic E-state index is 13.5. The lowest BCUT2D eigenvalue weighted by Gasteiger charge is -2.26. The van der Waals surface area contributed by atoms with E-state index in [9.17, 15) is 24.6 Å². The summed E-state index contributed by atoms with van der Waals surface area (Å²) in [5, 5.41) is 28.1. The van der Waals surface area contributed by atoms with Crippen molar-refractivity contribution in [3.8, 4) is 11.5 Å². The van der Waals surface area contributed by atoms with E-state index in [0.29, 0.717) is 35.2 Å². The van der Waals surface area contributed by atoms with Crippen LogP contribution in [0.1, 0.15) is 74.5 Å². The number of aromatic hydroxyl groups is 1. The molecule has 0 aliphatic carbocycles. The van der Waals surface area contributed by atoms with Crippen molar-refractivity contribution in [3.05, 3.63) is 177 Å². The van der Waals surface area contributed by atoms with Crippen molar-refractivity contribution in [2.24, 2.45) is 0 Å². The number of aliphatic hydroxyl groups is 1. The van der Waals surface area contributed by atoms with Gasteiger partial charge in [-0.05, 0) is 97.2 Å². The van der Waals surface area contributed by atoms with Gasteiger partial charge in [0.15, 0.2) is 0 Å². The van der Waals surface area contributed by atoms with E-state index < -0.39 is 12.1 Å². The third-order valence-electron chi connectivity index (χ3n) is 9.79. The Kier molecular flexibility index (Phi) is 13.5. The van der Waals surface area contributed by atoms with Gasteiger partial charge in [-0.1, -0.05) is 72.8 Å². The Morgan fingerprint density at radius 2 is 1.51 bits per heavy atom. The van der Waals surface area contributed by atoms with Crippen molar-refractivity contribution < 1.29 is 29.3 Å². The molecule has 2 atom stereocenters. The number of carbonyl (C=O) groups excluding carboxylic acids is 2. The lowest BCUT2D eigenvalue weighted by atomic mass is 9.99. The van der Waals surface area contributed by atoms with Gasteiger partial charge in [0, 0.05) is 36.1 Å². The topological polar surface area (TPSA) is 153 Å². The lowest BCUT2D eigenvalue weighted by molar-refractivity contribution is 0.0410. The third-order valence-corrected chi connectivity index (χ3v) is 9.79. The van der Waals surface area contributed by atoms with E-state index in [1.807, 2.05) is 81.6 Å². The minimum absolute atomic E-state index is 0.0390. The predicted molar refractivity (Wildman–Crippen MR) is 220 cm³/mol. The number of rotatable bonds is 17. The van der Waals surface area contributed by atoms with E-state index in [4.69, 9.17) is 9.47 Å². The summed E-state index contributed by atoms with van der Waals surface area (Å²) < 4.78 is 11.7. The summed E-state index contributed by atoms with van der Waals surface area (Å²) in [6, 6.07) is 38.5. The van der Waals surface area contributed by atoms with Crippen molar-refractivity contribution in [2.45, 2.75) is 45.2 Å². The van der Waals surface area contributed by atoms with Crippen LogP contribution in [0, 0.1) is 0 Å². The molecule has 6 rings (SSSR count). The van der Waals surface area contributed by atoms with Crippen LogP contribution in [0.25, 0.3) is 10.9 Å². The Morgan fingerprint density at radius 1 is 0.807 bits per heavy atom. The molecular weight excluding hydrogens is 721 g/mol. The fourth-order valence-electron chi connectivity index (χ4n) is 6.72. The maximum atomic E-state index is 13.5. The number of fused-ring (bicyclic) bond motifs is 1. The van der Waals surface area contributed by atoms with Crippen LogP contribution in [0.5, 0.6) is 11.5 Å². The third kappa shape index (κ3) is 10.3. The van der Waals surface area contributed by atoms with E-state index in [1.165, 1.54) is 17.7 Å². The molecule has 0 spiro atoms. The minimum atomic E-state index is -0.889. The van der Waals surface area contributed by atoms with Crippen LogP contribution in [-0.2, 0) is 17.9 Å². The summed E-state index contributed by atoms with van der Waals surface area (Å²) in [7, 11) is 1.94. The minimum Gasteiger partial charge on any atom is -0.506 e. The normalized spacial score (nSPS) is 12.3. The first-order valence-electron chi connectivity index (χ1n) is 19.0. The van der Waals surface area contributed by atoms with Crippen molar-refractivity contribution in [3.63, 3.8) is 0 Å². The summed E-state index contributed by atoms with van der Waals surface area (Å²) in [5.41, 5.74) is 5.51. The summed E-state index contributed by atoms with van der Waals surface area (Å²) in [4.78, 5) is 42.4. The SMILES string of the molecule is CNC(c1ccccc1)c1cccc(OCc2ccc(C(=O)OCCN(C(=O)c3ccc(CNCC(O)c4ccc(O)c5[nH]c(=O)ccc45)cc3)C(C)C)cc2)c1. The van der Waals surface area contributed by atoms with Gasteiger partial charge in [0.2, 0.25) is 5.56 Å². The number of aliphatic hydroxyl groups excluding tert-OH is 1. The first-order chi connectivity index (χ1) is 27.6. The Bertz CT molecular complexity index is 2330. The average molecular weight is 769 g/mol. The molecular formula is C46H48N4O7. The number of benzene rings is 5. The lowest BCUT2D eigenvalue weighted by Crippen LogP contribution is -2.39. The molecule has 6 aromatic rings. The number of aromatic nitrogens is 1. The smallest absolute Gasteiger partial charge is 0.338 e. The van der Waals surface area contributed by atoms with Crippen LogP contribution >= 0.6 is 0 Å². The van der Waals surface area contributed by atoms with E-state index in [1.54, 1.807) is 41.3 Å². The summed E-state index contributed by atoms with van der Waals surface area (Å²) in [6.45, 7) is 5.10. The summed E-state index contributed by atoms with van der Waals surface area (Å²) in [5.74, 6) is 0.0350. The molecule has 11 nitrogen and oxygen atoms in total. The standard InChI is InChI=1S/C46H48N4O7/c1-30(2)50(45(54)34-16-12-31(13-17-34)27-48-28-41(52)38-20-22-40(51)44-39(38)21-23-42(53)49-44)24-25-56-46(55)35-18-14-32(15-19-35)29-57-37-11-7-10-36(26-37)43(47-3)33-8-5-4-6-9-33/h4-23,26,30,41,43,47-48,51-52H,24-25,27-29H2,1-3H3,(H,49,53). The number of nitrogens with one attached hydrogen (secondary N) is 3. The van der Waals surface area contributed by atoms with E-state index in [2.05, 4.69) is 33.8 Å². The molecule has 294 valence electrons. The number of hydrogen-bond acceptors (Lipinski definition) is 9. The number of H-pyrrole nitrogens is 1. The highest BCUT2D eigenvalue weighted by molar-refractivity contribution is 5.94. The van der Waals surface area contributed by atoms with Gasteiger partial charge >= 0.3 is 5.97 Å². The largest absolute Gasteiger partial charge is 0.506 e. The number of pyridine rings is 1. The monoisotopic (exact) mass is 768 g/mol. The highest BCUT2D eigenvalue weighted by atomic mass is 16.5. The van der Waals surface area contributed by atoms with Crippen LogP contribution in [0.15, 0.2) is 132 Å². The first-order valence-corrected chi connectivity index (χ1v) is 19.0. The summed E-state index contributed by atoms with van der Waals surface area (Å²) >= 11 is 0. The number of aromatic amines is 1. The quantitative estimate of drug-likeness (QED) is 0.0642. The number of nitrogens with zero attached hydrogens (tertiary/aromatic N) is 1. The van der Waals surface area contributed by atoms with Gasteiger partial charge in [-0.3, -0.25) is 9.59 Å². The molecule has 0 radical (unpaired) electrons. The van der Waals surface area contributed by atoms with Crippen molar-refractivity contribution in [1.29, 1.82) is 0 Å². The highest BCUT2D eigenvalue weighted by Gasteiger charge is 2.20. The molecule has 5 aromatic carbocycles. The van der Waals surface area contributed by atoms with Gasteiger partial charge in [-0.2, -0.15) is 0 Å². The van der Waals surface area contributed by atoms with E-state index in [-0.39, 0.29) is 54.5 Å². The number of ether oxygens (including phenoxy) is 2. The second-order valence-corrected chi connectivity index (χ2v) is 14.0. The van der Waals surface area contributed by atoms with Gasteiger partial charge in [0.05, 0.1) is 29.8 Å². The number of phenols is 1. The second-order valence-electron chi connectivity index (χ2n) is 14.0. The zero-order valence-corrected chi connectivity index (χ0v) is 32.3. The molecule has 0 aliphatic heterocycles. The van der Waals surface area contributed by atoms with Crippen LogP contribution < -0.4 is 20.9 Å². The molecule has 1 aromatic heterocycles. The van der Waals surface area contributed by atoms with Gasteiger partial charge in [0.1, 0.15) is 24.7 Å². The van der Waals surface area contributed by atoms with Crippen LogP contribution in [0.2, 0.25) is 0 Å². The molecule has 11 heteroatoms. The number of hydrogen-bond donors (Lipinski definition) is 5. The van der Waals surface area contributed by atoms with Crippen LogP contribution in [-0.4, -0.2) is 64.8 Å². The highest BCUT2D eigenvalue weighted by Crippen LogP contribution is 2.29. The van der Waals surface area contributed by atoms with E-state index >= 15 is 0 Å². The number of amides is 1. The number of esters is 1. The van der Waals surface area contributed by atoms with Crippen molar-refractivity contribution in [2.75, 3.05) is 26.7 Å². The van der Waals surface area contributed by atoms with E-state index in [0.717, 1.165) is 22.4 Å². The van der Waals surface area contributed by atoms with Crippen LogP contribution in [0.4, 0.5) is 0 Å². The fourth-order valence-corrected chi connectivity index (χ4v) is 6.72. The molecule has 1 heterocycles. The molecule has 1 amide bonds. The fraction of sp³-hybridized carbons (Fsp3) is 0.239. The molecule has 0 bridgehead atoms. The van der Waals surface area contributed by atoms with Gasteiger partial charge in [-0.15, -0.1) is 0 Å².